The van der Waals surface area contributed by atoms with Gasteiger partial charge in [0, 0.05) is 28.1 Å². The number of hydrogen-bond acceptors (Lipinski definition) is 4. The molecular weight excluding hydrogens is 429 g/mol. The maximum atomic E-state index is 12.8. The topological polar surface area (TPSA) is 62.3 Å². The monoisotopic (exact) mass is 445 g/mol. The van der Waals surface area contributed by atoms with E-state index >= 15 is 0 Å². The number of nitrogens with zero attached hydrogens (tertiary/aromatic N) is 2. The summed E-state index contributed by atoms with van der Waals surface area (Å²) in [7, 11) is 0. The number of halogens is 2. The van der Waals surface area contributed by atoms with Crippen LogP contribution in [0.2, 0.25) is 10.0 Å². The summed E-state index contributed by atoms with van der Waals surface area (Å²) in [5.74, 6) is -0.362. The van der Waals surface area contributed by atoms with Crippen molar-refractivity contribution >= 4 is 51.5 Å². The Morgan fingerprint density at radius 1 is 1.14 bits per heavy atom. The molecular formula is C21H17Cl2N3O2S. The molecule has 1 unspecified atom stereocenters. The zero-order chi connectivity index (χ0) is 20.4. The quantitative estimate of drug-likeness (QED) is 0.587. The summed E-state index contributed by atoms with van der Waals surface area (Å²) in [4.78, 5) is 31.7. The van der Waals surface area contributed by atoms with Gasteiger partial charge in [-0.05, 0) is 43.2 Å². The highest BCUT2D eigenvalue weighted by Gasteiger charge is 2.34. The van der Waals surface area contributed by atoms with Crippen LogP contribution in [-0.2, 0) is 4.79 Å². The van der Waals surface area contributed by atoms with Gasteiger partial charge >= 0.3 is 0 Å². The summed E-state index contributed by atoms with van der Waals surface area (Å²) in [6, 6.07) is 13.7. The summed E-state index contributed by atoms with van der Waals surface area (Å²) in [5, 5.41) is 6.21. The van der Waals surface area contributed by atoms with E-state index < -0.39 is 6.04 Å². The van der Waals surface area contributed by atoms with Gasteiger partial charge in [-0.1, -0.05) is 41.4 Å². The second-order valence-corrected chi connectivity index (χ2v) is 8.38. The summed E-state index contributed by atoms with van der Waals surface area (Å²) in [6.45, 7) is 0.563. The van der Waals surface area contributed by atoms with Crippen molar-refractivity contribution in [3.05, 3.63) is 69.5 Å². The molecule has 1 aliphatic heterocycles. The van der Waals surface area contributed by atoms with Crippen LogP contribution in [0.3, 0.4) is 0 Å². The number of nitrogens with one attached hydrogen (secondary N) is 1. The van der Waals surface area contributed by atoms with Gasteiger partial charge in [-0.3, -0.25) is 9.59 Å². The summed E-state index contributed by atoms with van der Waals surface area (Å²) >= 11 is 13.6. The first-order valence-electron chi connectivity index (χ1n) is 9.11. The van der Waals surface area contributed by atoms with Crippen LogP contribution in [0.15, 0.2) is 53.9 Å². The predicted octanol–water partition coefficient (Wildman–Crippen LogP) is 5.36. The number of carbonyl (C=O) groups excluding carboxylic acids is 2. The summed E-state index contributed by atoms with van der Waals surface area (Å²) < 4.78 is 0. The van der Waals surface area contributed by atoms with E-state index in [0.29, 0.717) is 45.0 Å². The fourth-order valence-corrected chi connectivity index (χ4v) is 4.47. The standard InChI is InChI=1S/C21H17Cl2N3O2S/c22-14-8-9-16(23)15(11-14)17-12-29-21(24-17)25-19(27)18-7-4-10-26(18)20(28)13-5-2-1-3-6-13/h1-3,5-6,8-9,11-12,18H,4,7,10H2,(H,24,25,27). The van der Waals surface area contributed by atoms with Gasteiger partial charge in [-0.25, -0.2) is 4.98 Å². The minimum Gasteiger partial charge on any atom is -0.327 e. The van der Waals surface area contributed by atoms with Gasteiger partial charge in [0.25, 0.3) is 5.91 Å². The Bertz CT molecular complexity index is 1060. The van der Waals surface area contributed by atoms with Crippen LogP contribution in [0.1, 0.15) is 23.2 Å². The van der Waals surface area contributed by atoms with Crippen molar-refractivity contribution < 1.29 is 9.59 Å². The smallest absolute Gasteiger partial charge is 0.254 e. The van der Waals surface area contributed by atoms with Gasteiger partial charge in [-0.2, -0.15) is 0 Å². The average Bonchev–Trinajstić information content (AvgIpc) is 3.39. The van der Waals surface area contributed by atoms with Gasteiger partial charge in [-0.15, -0.1) is 11.3 Å². The Kier molecular flexibility index (Phi) is 5.85. The van der Waals surface area contributed by atoms with Gasteiger partial charge < -0.3 is 10.2 Å². The number of carbonyl (C=O) groups is 2. The van der Waals surface area contributed by atoms with Crippen molar-refractivity contribution in [2.75, 3.05) is 11.9 Å². The minimum atomic E-state index is -0.509. The van der Waals surface area contributed by atoms with Crippen molar-refractivity contribution in [2.24, 2.45) is 0 Å². The van der Waals surface area contributed by atoms with E-state index in [4.69, 9.17) is 23.2 Å². The number of hydrogen-bond donors (Lipinski definition) is 1. The molecule has 2 amide bonds. The second kappa shape index (κ2) is 8.53. The molecule has 2 heterocycles. The maximum Gasteiger partial charge on any atom is 0.254 e. The van der Waals surface area contributed by atoms with E-state index in [2.05, 4.69) is 10.3 Å². The van der Waals surface area contributed by atoms with Crippen LogP contribution in [0.25, 0.3) is 11.3 Å². The molecule has 0 saturated carbocycles. The molecule has 8 heteroatoms. The molecule has 1 saturated heterocycles. The van der Waals surface area contributed by atoms with Gasteiger partial charge in [0.05, 0.1) is 10.7 Å². The Balaban J connectivity index is 1.49. The second-order valence-electron chi connectivity index (χ2n) is 6.67. The first-order chi connectivity index (χ1) is 14.0. The van der Waals surface area contributed by atoms with Crippen molar-refractivity contribution in [1.29, 1.82) is 0 Å². The van der Waals surface area contributed by atoms with E-state index in [1.54, 1.807) is 35.2 Å². The maximum absolute atomic E-state index is 12.8. The number of aromatic nitrogens is 1. The first kappa shape index (κ1) is 19.9. The Morgan fingerprint density at radius 3 is 2.72 bits per heavy atom. The lowest BCUT2D eigenvalue weighted by Crippen LogP contribution is -2.43. The highest BCUT2D eigenvalue weighted by atomic mass is 35.5. The lowest BCUT2D eigenvalue weighted by molar-refractivity contribution is -0.119. The van der Waals surface area contributed by atoms with E-state index in [1.165, 1.54) is 11.3 Å². The van der Waals surface area contributed by atoms with Crippen molar-refractivity contribution in [3.63, 3.8) is 0 Å². The van der Waals surface area contributed by atoms with Gasteiger partial charge in [0.15, 0.2) is 5.13 Å². The molecule has 5 nitrogen and oxygen atoms in total. The lowest BCUT2D eigenvalue weighted by atomic mass is 10.1. The third-order valence-electron chi connectivity index (χ3n) is 4.78. The SMILES string of the molecule is O=C(Nc1nc(-c2cc(Cl)ccc2Cl)cs1)C1CCCN1C(=O)c1ccccc1. The van der Waals surface area contributed by atoms with Crippen molar-refractivity contribution in [2.45, 2.75) is 18.9 Å². The van der Waals surface area contributed by atoms with Crippen LogP contribution in [0, 0.1) is 0 Å². The zero-order valence-electron chi connectivity index (χ0n) is 15.3. The number of thiazole rings is 1. The number of anilines is 1. The van der Waals surface area contributed by atoms with E-state index in [0.717, 1.165) is 6.42 Å². The lowest BCUT2D eigenvalue weighted by Gasteiger charge is -2.23. The Labute approximate surface area is 182 Å². The van der Waals surface area contributed by atoms with Gasteiger partial charge in [0.2, 0.25) is 5.91 Å². The largest absolute Gasteiger partial charge is 0.327 e. The molecule has 0 bridgehead atoms. The summed E-state index contributed by atoms with van der Waals surface area (Å²) in [5.41, 5.74) is 1.93. The van der Waals surface area contributed by atoms with Crippen LogP contribution in [0.4, 0.5) is 5.13 Å². The number of amides is 2. The number of likely N-dealkylation sites (tertiary alicyclic amines) is 1. The molecule has 2 aromatic carbocycles. The predicted molar refractivity (Wildman–Crippen MR) is 117 cm³/mol. The number of rotatable bonds is 4. The Morgan fingerprint density at radius 2 is 1.93 bits per heavy atom. The molecule has 1 fully saturated rings. The molecule has 1 atom stereocenters. The molecule has 4 rings (SSSR count). The fourth-order valence-electron chi connectivity index (χ4n) is 3.37. The minimum absolute atomic E-state index is 0.131. The van der Waals surface area contributed by atoms with Crippen LogP contribution >= 0.6 is 34.5 Å². The van der Waals surface area contributed by atoms with Crippen LogP contribution in [0.5, 0.6) is 0 Å². The zero-order valence-corrected chi connectivity index (χ0v) is 17.6. The Hall–Kier alpha value is -2.41. The normalized spacial score (nSPS) is 16.1. The molecule has 0 aliphatic carbocycles. The number of benzene rings is 2. The third kappa shape index (κ3) is 4.29. The molecule has 3 aromatic rings. The molecule has 0 radical (unpaired) electrons. The van der Waals surface area contributed by atoms with E-state index in [9.17, 15) is 9.59 Å². The van der Waals surface area contributed by atoms with Crippen LogP contribution in [-0.4, -0.2) is 34.3 Å². The van der Waals surface area contributed by atoms with Crippen LogP contribution < -0.4 is 5.32 Å². The average molecular weight is 446 g/mol. The summed E-state index contributed by atoms with van der Waals surface area (Å²) in [6.07, 6.45) is 1.42. The molecule has 29 heavy (non-hydrogen) atoms. The first-order valence-corrected chi connectivity index (χ1v) is 10.7. The third-order valence-corrected chi connectivity index (χ3v) is 6.10. The highest BCUT2D eigenvalue weighted by molar-refractivity contribution is 7.14. The highest BCUT2D eigenvalue weighted by Crippen LogP contribution is 2.33. The van der Waals surface area contributed by atoms with E-state index in [1.807, 2.05) is 23.6 Å². The van der Waals surface area contributed by atoms with Crippen molar-refractivity contribution in [1.82, 2.24) is 9.88 Å². The molecule has 0 spiro atoms. The van der Waals surface area contributed by atoms with E-state index in [-0.39, 0.29) is 11.8 Å². The van der Waals surface area contributed by atoms with Gasteiger partial charge in [0.1, 0.15) is 6.04 Å². The molecule has 1 aliphatic rings. The molecule has 148 valence electrons. The molecule has 1 aromatic heterocycles. The van der Waals surface area contributed by atoms with Crippen molar-refractivity contribution in [3.8, 4) is 11.3 Å². The molecule has 1 N–H and O–H groups in total. The fraction of sp³-hybridized carbons (Fsp3) is 0.190.